The highest BCUT2D eigenvalue weighted by atomic mass is 14.9. The first-order chi connectivity index (χ1) is 7.85. The molecule has 1 aromatic heterocycles. The molecule has 1 aliphatic carbocycles. The molecule has 1 fully saturated rings. The summed E-state index contributed by atoms with van der Waals surface area (Å²) in [5, 5.41) is 3.61. The molecule has 0 spiro atoms. The topological polar surface area (TPSA) is 24.9 Å². The summed E-state index contributed by atoms with van der Waals surface area (Å²) in [5.41, 5.74) is 1.92. The van der Waals surface area contributed by atoms with Crippen LogP contribution in [0, 0.1) is 5.41 Å². The molecule has 2 heteroatoms. The Labute approximate surface area is 98.5 Å². The summed E-state index contributed by atoms with van der Waals surface area (Å²) in [6, 6.07) is 4.17. The van der Waals surface area contributed by atoms with E-state index in [1.165, 1.54) is 44.2 Å². The molecule has 88 valence electrons. The summed E-state index contributed by atoms with van der Waals surface area (Å²) in [5.74, 6) is 0. The number of nitrogens with one attached hydrogen (secondary N) is 1. The van der Waals surface area contributed by atoms with E-state index in [1.807, 2.05) is 12.4 Å². The fourth-order valence-electron chi connectivity index (χ4n) is 2.75. The van der Waals surface area contributed by atoms with Gasteiger partial charge in [0.05, 0.1) is 0 Å². The summed E-state index contributed by atoms with van der Waals surface area (Å²) in [7, 11) is 0. The van der Waals surface area contributed by atoms with Gasteiger partial charge < -0.3 is 5.32 Å². The van der Waals surface area contributed by atoms with Crippen molar-refractivity contribution in [1.29, 1.82) is 0 Å². The first kappa shape index (κ1) is 11.6. The van der Waals surface area contributed by atoms with E-state index >= 15 is 0 Å². The second-order valence-electron chi connectivity index (χ2n) is 5.02. The Bertz CT molecular complexity index is 302. The lowest BCUT2D eigenvalue weighted by Gasteiger charge is -2.27. The maximum Gasteiger partial charge on any atom is 0.0271 e. The van der Waals surface area contributed by atoms with E-state index in [4.69, 9.17) is 0 Å². The smallest absolute Gasteiger partial charge is 0.0271 e. The molecular formula is C14H22N2. The number of nitrogens with zero attached hydrogens (tertiary/aromatic N) is 1. The molecular weight excluding hydrogens is 196 g/mol. The Morgan fingerprint density at radius 2 is 1.94 bits per heavy atom. The molecule has 0 aromatic carbocycles. The van der Waals surface area contributed by atoms with Crippen LogP contribution >= 0.6 is 0 Å². The number of hydrogen-bond acceptors (Lipinski definition) is 2. The highest BCUT2D eigenvalue weighted by Crippen LogP contribution is 2.40. The fraction of sp³-hybridized carbons (Fsp3) is 0.643. The van der Waals surface area contributed by atoms with Crippen LogP contribution in [0.5, 0.6) is 0 Å². The lowest BCUT2D eigenvalue weighted by molar-refractivity contribution is 0.268. The van der Waals surface area contributed by atoms with Crippen LogP contribution in [0.1, 0.15) is 44.6 Å². The van der Waals surface area contributed by atoms with E-state index in [0.29, 0.717) is 5.41 Å². The van der Waals surface area contributed by atoms with Crippen molar-refractivity contribution in [1.82, 2.24) is 10.3 Å². The maximum atomic E-state index is 4.03. The third-order valence-electron chi connectivity index (χ3n) is 3.99. The fourth-order valence-corrected chi connectivity index (χ4v) is 2.75. The summed E-state index contributed by atoms with van der Waals surface area (Å²) in [6.45, 7) is 4.48. The zero-order valence-electron chi connectivity index (χ0n) is 10.2. The number of pyridine rings is 1. The van der Waals surface area contributed by atoms with Crippen LogP contribution in [0.25, 0.3) is 0 Å². The summed E-state index contributed by atoms with van der Waals surface area (Å²) in [4.78, 5) is 4.03. The van der Waals surface area contributed by atoms with E-state index in [1.54, 1.807) is 0 Å². The molecule has 0 aliphatic heterocycles. The van der Waals surface area contributed by atoms with Crippen molar-refractivity contribution in [3.05, 3.63) is 30.1 Å². The zero-order valence-corrected chi connectivity index (χ0v) is 10.2. The predicted octanol–water partition coefficient (Wildman–Crippen LogP) is 3.14. The maximum absolute atomic E-state index is 4.03. The molecule has 1 saturated carbocycles. The summed E-state index contributed by atoms with van der Waals surface area (Å²) >= 11 is 0. The van der Waals surface area contributed by atoms with Gasteiger partial charge in [-0.05, 0) is 42.4 Å². The quantitative estimate of drug-likeness (QED) is 0.821. The standard InChI is InChI=1S/C14H22N2/c1-2-14(7-3-4-8-14)12-16-11-13-5-9-15-10-6-13/h5-6,9-10,16H,2-4,7-8,11-12H2,1H3. The molecule has 2 rings (SSSR count). The minimum absolute atomic E-state index is 0.590. The van der Waals surface area contributed by atoms with E-state index in [2.05, 4.69) is 29.4 Å². The predicted molar refractivity (Wildman–Crippen MR) is 67.1 cm³/mol. The van der Waals surface area contributed by atoms with E-state index < -0.39 is 0 Å². The summed E-state index contributed by atoms with van der Waals surface area (Å²) in [6.07, 6.45) is 10.7. The van der Waals surface area contributed by atoms with Gasteiger partial charge in [-0.3, -0.25) is 4.98 Å². The number of rotatable bonds is 5. The Balaban J connectivity index is 1.79. The van der Waals surface area contributed by atoms with Gasteiger partial charge in [-0.2, -0.15) is 0 Å². The Hall–Kier alpha value is -0.890. The van der Waals surface area contributed by atoms with Crippen LogP contribution in [0.2, 0.25) is 0 Å². The van der Waals surface area contributed by atoms with Gasteiger partial charge >= 0.3 is 0 Å². The van der Waals surface area contributed by atoms with Gasteiger partial charge in [-0.1, -0.05) is 19.8 Å². The minimum Gasteiger partial charge on any atom is -0.312 e. The molecule has 0 unspecified atom stereocenters. The monoisotopic (exact) mass is 218 g/mol. The average Bonchev–Trinajstić information content (AvgIpc) is 2.80. The second kappa shape index (κ2) is 5.44. The number of aromatic nitrogens is 1. The van der Waals surface area contributed by atoms with E-state index in [-0.39, 0.29) is 0 Å². The lowest BCUT2D eigenvalue weighted by atomic mass is 9.83. The normalized spacial score (nSPS) is 18.8. The molecule has 2 nitrogen and oxygen atoms in total. The molecule has 1 N–H and O–H groups in total. The highest BCUT2D eigenvalue weighted by Gasteiger charge is 2.31. The van der Waals surface area contributed by atoms with Gasteiger partial charge in [-0.25, -0.2) is 0 Å². The van der Waals surface area contributed by atoms with E-state index in [9.17, 15) is 0 Å². The lowest BCUT2D eigenvalue weighted by Crippen LogP contribution is -2.31. The largest absolute Gasteiger partial charge is 0.312 e. The Morgan fingerprint density at radius 3 is 2.56 bits per heavy atom. The third-order valence-corrected chi connectivity index (χ3v) is 3.99. The Morgan fingerprint density at radius 1 is 1.25 bits per heavy atom. The minimum atomic E-state index is 0.590. The van der Waals surface area contributed by atoms with Gasteiger partial charge in [-0.15, -0.1) is 0 Å². The van der Waals surface area contributed by atoms with Crippen molar-refractivity contribution in [3.8, 4) is 0 Å². The Kier molecular flexibility index (Phi) is 3.94. The molecule has 0 amide bonds. The molecule has 16 heavy (non-hydrogen) atoms. The van der Waals surface area contributed by atoms with Crippen LogP contribution in [0.4, 0.5) is 0 Å². The third kappa shape index (κ3) is 2.82. The molecule has 1 aromatic rings. The number of hydrogen-bond donors (Lipinski definition) is 1. The molecule has 0 bridgehead atoms. The van der Waals surface area contributed by atoms with Crippen molar-refractivity contribution in [2.75, 3.05) is 6.54 Å². The molecule has 1 heterocycles. The summed E-state index contributed by atoms with van der Waals surface area (Å²) < 4.78 is 0. The van der Waals surface area contributed by atoms with Crippen molar-refractivity contribution in [3.63, 3.8) is 0 Å². The van der Waals surface area contributed by atoms with E-state index in [0.717, 1.165) is 6.54 Å². The van der Waals surface area contributed by atoms with Crippen LogP contribution < -0.4 is 5.32 Å². The van der Waals surface area contributed by atoms with Gasteiger partial charge in [0.1, 0.15) is 0 Å². The van der Waals surface area contributed by atoms with Crippen LogP contribution in [0.3, 0.4) is 0 Å². The average molecular weight is 218 g/mol. The van der Waals surface area contributed by atoms with Crippen molar-refractivity contribution in [2.45, 2.75) is 45.6 Å². The highest BCUT2D eigenvalue weighted by molar-refractivity contribution is 5.09. The molecule has 0 atom stereocenters. The first-order valence-corrected chi connectivity index (χ1v) is 6.44. The first-order valence-electron chi connectivity index (χ1n) is 6.44. The molecule has 0 radical (unpaired) electrons. The zero-order chi connectivity index (χ0) is 11.3. The second-order valence-corrected chi connectivity index (χ2v) is 5.02. The van der Waals surface area contributed by atoms with Crippen LogP contribution in [0.15, 0.2) is 24.5 Å². The molecule has 0 saturated heterocycles. The van der Waals surface area contributed by atoms with Crippen molar-refractivity contribution < 1.29 is 0 Å². The van der Waals surface area contributed by atoms with Gasteiger partial charge in [0, 0.05) is 25.5 Å². The van der Waals surface area contributed by atoms with Crippen molar-refractivity contribution in [2.24, 2.45) is 5.41 Å². The van der Waals surface area contributed by atoms with Crippen LogP contribution in [-0.2, 0) is 6.54 Å². The van der Waals surface area contributed by atoms with Crippen LogP contribution in [-0.4, -0.2) is 11.5 Å². The van der Waals surface area contributed by atoms with Crippen molar-refractivity contribution >= 4 is 0 Å². The molecule has 1 aliphatic rings. The van der Waals surface area contributed by atoms with Gasteiger partial charge in [0.25, 0.3) is 0 Å². The van der Waals surface area contributed by atoms with Gasteiger partial charge in [0.2, 0.25) is 0 Å². The van der Waals surface area contributed by atoms with Gasteiger partial charge in [0.15, 0.2) is 0 Å². The SMILES string of the molecule is CCC1(CNCc2ccncc2)CCCC1.